The Morgan fingerprint density at radius 1 is 1.56 bits per heavy atom. The summed E-state index contributed by atoms with van der Waals surface area (Å²) in [4.78, 5) is 22.2. The zero-order valence-electron chi connectivity index (χ0n) is 9.02. The van der Waals surface area contributed by atoms with Crippen LogP contribution in [-0.2, 0) is 18.5 Å². The van der Waals surface area contributed by atoms with Crippen LogP contribution in [0.1, 0.15) is 13.8 Å². The second-order valence-electron chi connectivity index (χ2n) is 3.20. The predicted molar refractivity (Wildman–Crippen MR) is 61.2 cm³/mol. The molecule has 0 heterocycles. The van der Waals surface area contributed by atoms with Crippen molar-refractivity contribution in [1.29, 1.82) is 0 Å². The van der Waals surface area contributed by atoms with E-state index >= 15 is 0 Å². The Morgan fingerprint density at radius 2 is 2.25 bits per heavy atom. The second kappa shape index (κ2) is 5.58. The van der Waals surface area contributed by atoms with Crippen molar-refractivity contribution >= 4 is 24.8 Å². The first kappa shape index (κ1) is 12.6. The first-order valence-electron chi connectivity index (χ1n) is 4.81. The molecule has 0 aliphatic heterocycles. The fourth-order valence-corrected chi connectivity index (χ4v) is 1.59. The molecule has 16 heavy (non-hydrogen) atoms. The van der Waals surface area contributed by atoms with Crippen LogP contribution in [0.25, 0.3) is 0 Å². The maximum atomic E-state index is 11.3. The van der Waals surface area contributed by atoms with Crippen LogP contribution in [-0.4, -0.2) is 18.5 Å². The highest BCUT2D eigenvalue weighted by Gasteiger charge is 2.28. The molecule has 86 valence electrons. The van der Waals surface area contributed by atoms with Gasteiger partial charge in [-0.25, -0.2) is 9.59 Å². The van der Waals surface area contributed by atoms with E-state index in [1.165, 1.54) is 0 Å². The highest BCUT2D eigenvalue weighted by molar-refractivity contribution is 7.75. The van der Waals surface area contributed by atoms with Gasteiger partial charge in [-0.1, -0.05) is 6.92 Å². The number of ether oxygens (including phenoxy) is 1. The summed E-state index contributed by atoms with van der Waals surface area (Å²) in [6.07, 6.45) is 3.12. The van der Waals surface area contributed by atoms with Gasteiger partial charge in [0.25, 0.3) is 0 Å². The van der Waals surface area contributed by atoms with Gasteiger partial charge in [-0.15, -0.1) is 0 Å². The van der Waals surface area contributed by atoms with E-state index in [9.17, 15) is 9.59 Å². The molecule has 0 amide bonds. The van der Waals surface area contributed by atoms with Gasteiger partial charge < -0.3 is 8.92 Å². The van der Waals surface area contributed by atoms with Crippen LogP contribution in [0.2, 0.25) is 0 Å². The lowest BCUT2D eigenvalue weighted by Gasteiger charge is -2.20. The molecule has 1 atom stereocenters. The molecule has 1 aliphatic rings. The third-order valence-corrected chi connectivity index (χ3v) is 2.47. The lowest BCUT2D eigenvalue weighted by molar-refractivity contribution is -0.129. The Labute approximate surface area is 99.2 Å². The molecule has 0 aromatic carbocycles. The van der Waals surface area contributed by atoms with Gasteiger partial charge in [0.2, 0.25) is 0 Å². The van der Waals surface area contributed by atoms with E-state index in [-0.39, 0.29) is 0 Å². The van der Waals surface area contributed by atoms with Crippen molar-refractivity contribution in [2.75, 3.05) is 6.61 Å². The quantitative estimate of drug-likeness (QED) is 0.463. The molecule has 0 aromatic heterocycles. The monoisotopic (exact) mass is 240 g/mol. The molecule has 0 bridgehead atoms. The van der Waals surface area contributed by atoms with Crippen LogP contribution in [0.3, 0.4) is 0 Å². The van der Waals surface area contributed by atoms with E-state index < -0.39 is 11.9 Å². The van der Waals surface area contributed by atoms with Gasteiger partial charge in [-0.2, -0.15) is 0 Å². The Kier molecular flexibility index (Phi) is 4.40. The van der Waals surface area contributed by atoms with Crippen molar-refractivity contribution in [3.63, 3.8) is 0 Å². The molecule has 1 unspecified atom stereocenters. The Bertz CT molecular complexity index is 402. The lowest BCUT2D eigenvalue weighted by atomic mass is 9.88. The van der Waals surface area contributed by atoms with Crippen LogP contribution in [0.15, 0.2) is 29.1 Å². The van der Waals surface area contributed by atoms with Crippen molar-refractivity contribution in [2.24, 2.45) is 5.92 Å². The van der Waals surface area contributed by atoms with Gasteiger partial charge in [-0.3, -0.25) is 0 Å². The van der Waals surface area contributed by atoms with E-state index in [4.69, 9.17) is 4.74 Å². The topological polar surface area (TPSA) is 52.6 Å². The molecular formula is C11H12O4S. The van der Waals surface area contributed by atoms with Crippen molar-refractivity contribution in [2.45, 2.75) is 13.8 Å². The summed E-state index contributed by atoms with van der Waals surface area (Å²) in [5, 5.41) is 0. The number of rotatable bonds is 3. The summed E-state index contributed by atoms with van der Waals surface area (Å²) in [5.74, 6) is 1.27. The molecule has 5 heteroatoms. The van der Waals surface area contributed by atoms with Crippen LogP contribution >= 0.6 is 12.9 Å². The van der Waals surface area contributed by atoms with E-state index in [0.29, 0.717) is 23.5 Å². The number of carbonyl (C=O) groups is 1. The highest BCUT2D eigenvalue weighted by atomic mass is 32.1. The van der Waals surface area contributed by atoms with Crippen molar-refractivity contribution < 1.29 is 18.5 Å². The first-order chi connectivity index (χ1) is 7.65. The molecule has 0 radical (unpaired) electrons. The normalized spacial score (nSPS) is 19.4. The third kappa shape index (κ3) is 2.38. The highest BCUT2D eigenvalue weighted by Crippen LogP contribution is 2.30. The fraction of sp³-hybridized carbons (Fsp3) is 0.364. The average molecular weight is 240 g/mol. The van der Waals surface area contributed by atoms with Gasteiger partial charge in [0, 0.05) is 24.4 Å². The van der Waals surface area contributed by atoms with E-state index in [2.05, 4.69) is 17.1 Å². The summed E-state index contributed by atoms with van der Waals surface area (Å²) in [6.45, 7) is 3.97. The molecular weight excluding hydrogens is 228 g/mol. The standard InChI is InChI=1S/C11H12O4S/c1-3-14-10-5-4-8(11(13)15-16)7(2)9(10)6-12/h4-5,7,16H,3H2,1-2H3. The van der Waals surface area contributed by atoms with Crippen molar-refractivity contribution in [3.05, 3.63) is 29.1 Å². The molecule has 0 saturated heterocycles. The molecule has 0 N–H and O–H groups in total. The molecule has 0 fully saturated rings. The van der Waals surface area contributed by atoms with Crippen LogP contribution in [0.4, 0.5) is 0 Å². The number of allylic oxidation sites excluding steroid dienone is 3. The average Bonchev–Trinajstić information content (AvgIpc) is 2.29. The minimum Gasteiger partial charge on any atom is -0.493 e. The van der Waals surface area contributed by atoms with Crippen molar-refractivity contribution in [1.82, 2.24) is 0 Å². The Hall–Kier alpha value is -1.45. The van der Waals surface area contributed by atoms with Gasteiger partial charge in [0.1, 0.15) is 11.7 Å². The van der Waals surface area contributed by atoms with E-state index in [1.807, 2.05) is 6.92 Å². The largest absolute Gasteiger partial charge is 0.493 e. The summed E-state index contributed by atoms with van der Waals surface area (Å²) in [5.41, 5.74) is 0.676. The maximum Gasteiger partial charge on any atom is 0.346 e. The minimum absolute atomic E-state index is 0.318. The summed E-state index contributed by atoms with van der Waals surface area (Å²) < 4.78 is 9.59. The smallest absolute Gasteiger partial charge is 0.346 e. The van der Waals surface area contributed by atoms with Gasteiger partial charge in [-0.05, 0) is 19.1 Å². The lowest BCUT2D eigenvalue weighted by Crippen LogP contribution is -2.18. The molecule has 1 aliphatic carbocycles. The van der Waals surface area contributed by atoms with Crippen LogP contribution < -0.4 is 0 Å². The SMILES string of the molecule is CCOC1=CC=C(C(=O)OS)C(C)C1=C=O. The molecule has 0 saturated carbocycles. The molecule has 4 nitrogen and oxygen atoms in total. The Balaban J connectivity index is 3.10. The minimum atomic E-state index is -0.574. The molecule has 0 spiro atoms. The maximum absolute atomic E-state index is 11.3. The zero-order chi connectivity index (χ0) is 12.1. The zero-order valence-corrected chi connectivity index (χ0v) is 9.91. The van der Waals surface area contributed by atoms with Crippen LogP contribution in [0.5, 0.6) is 0 Å². The molecule has 0 aromatic rings. The predicted octanol–water partition coefficient (Wildman–Crippen LogP) is 1.63. The van der Waals surface area contributed by atoms with E-state index in [0.717, 1.165) is 0 Å². The summed E-state index contributed by atoms with van der Waals surface area (Å²) in [7, 11) is 0. The number of hydrogen-bond acceptors (Lipinski definition) is 5. The van der Waals surface area contributed by atoms with E-state index in [1.54, 1.807) is 25.0 Å². The summed E-state index contributed by atoms with van der Waals surface area (Å²) >= 11 is 3.44. The third-order valence-electron chi connectivity index (χ3n) is 2.31. The van der Waals surface area contributed by atoms with Gasteiger partial charge >= 0.3 is 5.97 Å². The van der Waals surface area contributed by atoms with Gasteiger partial charge in [0.05, 0.1) is 12.2 Å². The number of hydrogen-bond donors (Lipinski definition) is 1. The second-order valence-corrected chi connectivity index (χ2v) is 3.38. The van der Waals surface area contributed by atoms with Crippen LogP contribution in [0, 0.1) is 5.92 Å². The number of carbonyl (C=O) groups excluding carboxylic acids is 2. The Morgan fingerprint density at radius 3 is 2.75 bits per heavy atom. The fourth-order valence-electron chi connectivity index (χ4n) is 1.49. The first-order valence-corrected chi connectivity index (χ1v) is 5.18. The van der Waals surface area contributed by atoms with Gasteiger partial charge in [0.15, 0.2) is 0 Å². The summed E-state index contributed by atoms with van der Waals surface area (Å²) in [6, 6.07) is 0. The number of thiol groups is 1. The van der Waals surface area contributed by atoms with Crippen molar-refractivity contribution in [3.8, 4) is 0 Å². The molecule has 1 rings (SSSR count).